The zero-order chi connectivity index (χ0) is 16.8. The van der Waals surface area contributed by atoms with Crippen molar-refractivity contribution in [2.45, 2.75) is 32.7 Å². The maximum absolute atomic E-state index is 12.0. The van der Waals surface area contributed by atoms with Crippen LogP contribution < -0.4 is 10.1 Å². The highest BCUT2D eigenvalue weighted by atomic mass is 16.5. The Kier molecular flexibility index (Phi) is 6.37. The van der Waals surface area contributed by atoms with Gasteiger partial charge in [0.15, 0.2) is 6.61 Å². The molecule has 0 aromatic heterocycles. The molecule has 0 radical (unpaired) electrons. The first kappa shape index (κ1) is 18.0. The van der Waals surface area contributed by atoms with Gasteiger partial charge in [0.2, 0.25) is 0 Å². The van der Waals surface area contributed by atoms with Crippen LogP contribution in [0.15, 0.2) is 18.2 Å². The zero-order valence-corrected chi connectivity index (χ0v) is 13.4. The molecule has 1 atom stereocenters. The molecule has 1 unspecified atom stereocenters. The summed E-state index contributed by atoms with van der Waals surface area (Å²) in [4.78, 5) is 22.8. The summed E-state index contributed by atoms with van der Waals surface area (Å²) in [5.74, 6) is -0.793. The minimum atomic E-state index is -1.00. The third-order valence-corrected chi connectivity index (χ3v) is 3.29. The molecule has 1 aromatic carbocycles. The molecule has 0 aliphatic heterocycles. The molecular weight excluding hydrogens is 286 g/mol. The summed E-state index contributed by atoms with van der Waals surface area (Å²) in [6.45, 7) is 5.51. The van der Waals surface area contributed by atoms with Crippen LogP contribution in [-0.4, -0.2) is 42.8 Å². The number of amides is 1. The molecule has 6 nitrogen and oxygen atoms in total. The number of rotatable bonds is 8. The Morgan fingerprint density at radius 3 is 2.50 bits per heavy atom. The van der Waals surface area contributed by atoms with E-state index in [1.165, 1.54) is 7.11 Å². The molecule has 0 aliphatic carbocycles. The number of benzene rings is 1. The van der Waals surface area contributed by atoms with E-state index in [4.69, 9.17) is 14.6 Å². The summed E-state index contributed by atoms with van der Waals surface area (Å²) in [6, 6.07) is 5.57. The van der Waals surface area contributed by atoms with Gasteiger partial charge in [0, 0.05) is 7.11 Å². The number of aryl methyl sites for hydroxylation is 2. The normalized spacial score (nSPS) is 13.3. The van der Waals surface area contributed by atoms with Crippen LogP contribution in [0, 0.1) is 13.8 Å². The lowest BCUT2D eigenvalue weighted by molar-refractivity contribution is -0.139. The lowest BCUT2D eigenvalue weighted by Gasteiger charge is -2.28. The summed E-state index contributed by atoms with van der Waals surface area (Å²) in [7, 11) is 1.46. The van der Waals surface area contributed by atoms with E-state index in [0.717, 1.165) is 11.1 Å². The largest absolute Gasteiger partial charge is 0.484 e. The van der Waals surface area contributed by atoms with Crippen molar-refractivity contribution in [3.05, 3.63) is 29.3 Å². The van der Waals surface area contributed by atoms with Crippen LogP contribution in [0.5, 0.6) is 5.75 Å². The van der Waals surface area contributed by atoms with E-state index >= 15 is 0 Å². The fourth-order valence-electron chi connectivity index (χ4n) is 2.11. The van der Waals surface area contributed by atoms with E-state index in [-0.39, 0.29) is 25.5 Å². The van der Waals surface area contributed by atoms with Crippen molar-refractivity contribution >= 4 is 11.9 Å². The Labute approximate surface area is 130 Å². The van der Waals surface area contributed by atoms with Crippen molar-refractivity contribution in [1.29, 1.82) is 0 Å². The molecule has 0 heterocycles. The molecule has 1 aromatic rings. The van der Waals surface area contributed by atoms with Gasteiger partial charge in [-0.1, -0.05) is 6.07 Å². The van der Waals surface area contributed by atoms with E-state index in [1.807, 2.05) is 26.0 Å². The number of ether oxygens (including phenoxy) is 2. The van der Waals surface area contributed by atoms with Gasteiger partial charge >= 0.3 is 5.97 Å². The number of aliphatic carboxylic acids is 1. The topological polar surface area (TPSA) is 84.9 Å². The average Bonchev–Trinajstić information content (AvgIpc) is 2.39. The molecule has 0 saturated heterocycles. The van der Waals surface area contributed by atoms with Crippen LogP contribution in [0.4, 0.5) is 0 Å². The predicted molar refractivity (Wildman–Crippen MR) is 82.1 cm³/mol. The summed E-state index contributed by atoms with van der Waals surface area (Å²) in [5, 5.41) is 11.6. The Bertz CT molecular complexity index is 543. The first-order chi connectivity index (χ1) is 10.3. The number of carboxylic acids is 1. The van der Waals surface area contributed by atoms with Gasteiger partial charge in [0.25, 0.3) is 5.91 Å². The first-order valence-electron chi connectivity index (χ1n) is 6.97. The number of hydrogen-bond acceptors (Lipinski definition) is 4. The fraction of sp³-hybridized carbons (Fsp3) is 0.500. The molecule has 1 amide bonds. The van der Waals surface area contributed by atoms with Crippen LogP contribution in [0.2, 0.25) is 0 Å². The van der Waals surface area contributed by atoms with Crippen molar-refractivity contribution in [1.82, 2.24) is 5.32 Å². The molecule has 0 spiro atoms. The summed E-state index contributed by atoms with van der Waals surface area (Å²) < 4.78 is 10.4. The summed E-state index contributed by atoms with van der Waals surface area (Å²) in [5.41, 5.74) is 1.25. The number of carbonyl (C=O) groups excluding carboxylic acids is 1. The Morgan fingerprint density at radius 2 is 1.95 bits per heavy atom. The molecule has 22 heavy (non-hydrogen) atoms. The van der Waals surface area contributed by atoms with Crippen molar-refractivity contribution in [2.75, 3.05) is 20.3 Å². The van der Waals surface area contributed by atoms with Gasteiger partial charge in [-0.2, -0.15) is 0 Å². The van der Waals surface area contributed by atoms with E-state index in [9.17, 15) is 9.59 Å². The fourth-order valence-corrected chi connectivity index (χ4v) is 2.11. The van der Waals surface area contributed by atoms with Crippen molar-refractivity contribution < 1.29 is 24.2 Å². The second kappa shape index (κ2) is 7.79. The van der Waals surface area contributed by atoms with Gasteiger partial charge in [-0.15, -0.1) is 0 Å². The van der Waals surface area contributed by atoms with Crippen molar-refractivity contribution in [3.8, 4) is 5.75 Å². The van der Waals surface area contributed by atoms with E-state index in [0.29, 0.717) is 5.75 Å². The molecule has 2 N–H and O–H groups in total. The van der Waals surface area contributed by atoms with Crippen LogP contribution in [-0.2, 0) is 14.3 Å². The maximum atomic E-state index is 12.0. The lowest BCUT2D eigenvalue weighted by atomic mass is 9.99. The van der Waals surface area contributed by atoms with Gasteiger partial charge in [-0.05, 0) is 44.0 Å². The number of hydrogen-bond donors (Lipinski definition) is 2. The molecule has 6 heteroatoms. The third kappa shape index (κ3) is 5.73. The van der Waals surface area contributed by atoms with Crippen molar-refractivity contribution in [3.63, 3.8) is 0 Å². The molecule has 0 fully saturated rings. The lowest BCUT2D eigenvalue weighted by Crippen LogP contribution is -2.52. The van der Waals surface area contributed by atoms with Crippen molar-refractivity contribution in [2.24, 2.45) is 0 Å². The minimum Gasteiger partial charge on any atom is -0.484 e. The average molecular weight is 309 g/mol. The standard InChI is InChI=1S/C16H23NO5/c1-11-5-6-13(7-12(11)2)22-9-14(18)17-16(3,10-21-4)8-15(19)20/h5-7H,8-10H2,1-4H3,(H,17,18)(H,19,20). The number of methoxy groups -OCH3 is 1. The van der Waals surface area contributed by atoms with Gasteiger partial charge in [0.1, 0.15) is 5.75 Å². The monoisotopic (exact) mass is 309 g/mol. The molecule has 1 rings (SSSR count). The molecule has 0 saturated carbocycles. The summed E-state index contributed by atoms with van der Waals surface area (Å²) in [6.07, 6.45) is -0.226. The highest BCUT2D eigenvalue weighted by molar-refractivity contribution is 5.79. The molecule has 0 aliphatic rings. The van der Waals surface area contributed by atoms with Gasteiger partial charge in [-0.25, -0.2) is 0 Å². The SMILES string of the molecule is COCC(C)(CC(=O)O)NC(=O)COc1ccc(C)c(C)c1. The first-order valence-corrected chi connectivity index (χ1v) is 6.97. The maximum Gasteiger partial charge on any atom is 0.305 e. The van der Waals surface area contributed by atoms with Crippen LogP contribution in [0.3, 0.4) is 0 Å². The third-order valence-electron chi connectivity index (χ3n) is 3.29. The zero-order valence-electron chi connectivity index (χ0n) is 13.4. The summed E-state index contributed by atoms with van der Waals surface area (Å²) >= 11 is 0. The predicted octanol–water partition coefficient (Wildman–Crippen LogP) is 1.68. The smallest absolute Gasteiger partial charge is 0.305 e. The quantitative estimate of drug-likeness (QED) is 0.763. The van der Waals surface area contributed by atoms with Crippen LogP contribution in [0.25, 0.3) is 0 Å². The number of nitrogens with one attached hydrogen (secondary N) is 1. The Hall–Kier alpha value is -2.08. The number of carboxylic acid groups (broad SMARTS) is 1. The second-order valence-electron chi connectivity index (χ2n) is 5.65. The van der Waals surface area contributed by atoms with E-state index in [2.05, 4.69) is 5.32 Å². The van der Waals surface area contributed by atoms with E-state index < -0.39 is 11.5 Å². The molecular formula is C16H23NO5. The highest BCUT2D eigenvalue weighted by Gasteiger charge is 2.29. The number of carbonyl (C=O) groups is 2. The molecule has 122 valence electrons. The molecule has 0 bridgehead atoms. The Balaban J connectivity index is 2.59. The van der Waals surface area contributed by atoms with Crippen LogP contribution in [0.1, 0.15) is 24.5 Å². The van der Waals surface area contributed by atoms with E-state index in [1.54, 1.807) is 13.0 Å². The second-order valence-corrected chi connectivity index (χ2v) is 5.65. The van der Waals surface area contributed by atoms with Gasteiger partial charge < -0.3 is 19.9 Å². The minimum absolute atomic E-state index is 0.106. The van der Waals surface area contributed by atoms with Gasteiger partial charge in [-0.3, -0.25) is 9.59 Å². The Morgan fingerprint density at radius 1 is 1.27 bits per heavy atom. The highest BCUT2D eigenvalue weighted by Crippen LogP contribution is 2.16. The van der Waals surface area contributed by atoms with Crippen LogP contribution >= 0.6 is 0 Å². The van der Waals surface area contributed by atoms with Gasteiger partial charge in [0.05, 0.1) is 18.6 Å².